The summed E-state index contributed by atoms with van der Waals surface area (Å²) in [6.45, 7) is 2.34. The molecule has 0 spiro atoms. The molecule has 0 unspecified atom stereocenters. The molecule has 3 nitrogen and oxygen atoms in total. The predicted molar refractivity (Wildman–Crippen MR) is 89.7 cm³/mol. The van der Waals surface area contributed by atoms with E-state index in [9.17, 15) is 4.79 Å². The van der Waals surface area contributed by atoms with Crippen molar-refractivity contribution < 1.29 is 9.53 Å². The van der Waals surface area contributed by atoms with Crippen LogP contribution in [0.25, 0.3) is 0 Å². The molecule has 2 aromatic carbocycles. The van der Waals surface area contributed by atoms with Gasteiger partial charge < -0.3 is 10.1 Å². The highest BCUT2D eigenvalue weighted by atomic mass is 79.9. The van der Waals surface area contributed by atoms with Crippen molar-refractivity contribution in [3.8, 4) is 5.75 Å². The molecule has 110 valence electrons. The van der Waals surface area contributed by atoms with Crippen molar-refractivity contribution in [3.05, 3.63) is 56.5 Å². The number of rotatable bonds is 4. The lowest BCUT2D eigenvalue weighted by atomic mass is 10.2. The molecule has 0 aliphatic carbocycles. The first-order chi connectivity index (χ1) is 9.99. The highest BCUT2D eigenvalue weighted by Crippen LogP contribution is 2.26. The average Bonchev–Trinajstić information content (AvgIpc) is 2.39. The van der Waals surface area contributed by atoms with Gasteiger partial charge in [0, 0.05) is 20.2 Å². The van der Waals surface area contributed by atoms with Gasteiger partial charge in [0.25, 0.3) is 5.91 Å². The number of hydrogen-bond donors (Lipinski definition) is 1. The number of carbonyl (C=O) groups excluding carboxylic acids is 1. The summed E-state index contributed by atoms with van der Waals surface area (Å²) in [6, 6.07) is 10.1. The van der Waals surface area contributed by atoms with Crippen LogP contribution in [0.3, 0.4) is 0 Å². The van der Waals surface area contributed by atoms with Crippen LogP contribution in [0.15, 0.2) is 40.9 Å². The number of amides is 1. The fourth-order valence-electron chi connectivity index (χ4n) is 1.79. The molecule has 0 aliphatic rings. The van der Waals surface area contributed by atoms with Gasteiger partial charge >= 0.3 is 0 Å². The quantitative estimate of drug-likeness (QED) is 0.760. The maximum absolute atomic E-state index is 12.4. The molecule has 0 saturated carbocycles. The Kier molecular flexibility index (Phi) is 5.51. The van der Waals surface area contributed by atoms with E-state index in [1.165, 1.54) is 0 Å². The van der Waals surface area contributed by atoms with Crippen LogP contribution in [0.1, 0.15) is 17.3 Å². The van der Waals surface area contributed by atoms with Crippen LogP contribution in [0, 0.1) is 0 Å². The molecule has 2 rings (SSSR count). The SMILES string of the molecule is CCOc1ccc(Br)cc1C(=O)Nc1cc(Cl)cc(Cl)c1. The van der Waals surface area contributed by atoms with Crippen LogP contribution in [0.5, 0.6) is 5.75 Å². The Hall–Kier alpha value is -1.23. The van der Waals surface area contributed by atoms with E-state index >= 15 is 0 Å². The van der Waals surface area contributed by atoms with Gasteiger partial charge in [0.05, 0.1) is 12.2 Å². The molecule has 0 heterocycles. The second kappa shape index (κ2) is 7.16. The summed E-state index contributed by atoms with van der Waals surface area (Å²) in [5.41, 5.74) is 0.960. The maximum Gasteiger partial charge on any atom is 0.259 e. The molecular weight excluding hydrogens is 377 g/mol. The average molecular weight is 389 g/mol. The highest BCUT2D eigenvalue weighted by molar-refractivity contribution is 9.10. The van der Waals surface area contributed by atoms with E-state index in [1.54, 1.807) is 30.3 Å². The first kappa shape index (κ1) is 16.1. The minimum Gasteiger partial charge on any atom is -0.493 e. The molecule has 0 atom stereocenters. The van der Waals surface area contributed by atoms with Gasteiger partial charge in [0.1, 0.15) is 5.75 Å². The summed E-state index contributed by atoms with van der Waals surface area (Å²) in [6.07, 6.45) is 0. The molecule has 0 radical (unpaired) electrons. The minimum absolute atomic E-state index is 0.293. The topological polar surface area (TPSA) is 38.3 Å². The Morgan fingerprint density at radius 1 is 1.19 bits per heavy atom. The van der Waals surface area contributed by atoms with Gasteiger partial charge in [0.2, 0.25) is 0 Å². The lowest BCUT2D eigenvalue weighted by Gasteiger charge is -2.11. The number of halogens is 3. The fourth-order valence-corrected chi connectivity index (χ4v) is 2.67. The lowest BCUT2D eigenvalue weighted by molar-refractivity contribution is 0.102. The van der Waals surface area contributed by atoms with Gasteiger partial charge in [-0.2, -0.15) is 0 Å². The molecule has 2 aromatic rings. The third kappa shape index (κ3) is 4.37. The van der Waals surface area contributed by atoms with E-state index in [4.69, 9.17) is 27.9 Å². The summed E-state index contributed by atoms with van der Waals surface area (Å²) >= 11 is 15.2. The number of hydrogen-bond acceptors (Lipinski definition) is 2. The molecule has 1 N–H and O–H groups in total. The van der Waals surface area contributed by atoms with E-state index in [0.29, 0.717) is 33.7 Å². The summed E-state index contributed by atoms with van der Waals surface area (Å²) in [5, 5.41) is 3.67. The first-order valence-corrected chi connectivity index (χ1v) is 7.74. The normalized spacial score (nSPS) is 10.3. The number of benzene rings is 2. The highest BCUT2D eigenvalue weighted by Gasteiger charge is 2.14. The van der Waals surface area contributed by atoms with Crippen molar-refractivity contribution in [1.29, 1.82) is 0 Å². The molecule has 0 saturated heterocycles. The van der Waals surface area contributed by atoms with Crippen LogP contribution < -0.4 is 10.1 Å². The van der Waals surface area contributed by atoms with Crippen LogP contribution in [0.2, 0.25) is 10.0 Å². The van der Waals surface area contributed by atoms with E-state index in [0.717, 1.165) is 4.47 Å². The maximum atomic E-state index is 12.4. The van der Waals surface area contributed by atoms with E-state index < -0.39 is 0 Å². The zero-order chi connectivity index (χ0) is 15.4. The molecular formula is C15H12BrCl2NO2. The van der Waals surface area contributed by atoms with Gasteiger partial charge in [-0.1, -0.05) is 39.1 Å². The molecule has 1 amide bonds. The van der Waals surface area contributed by atoms with Gasteiger partial charge in [0.15, 0.2) is 0 Å². The number of carbonyl (C=O) groups is 1. The standard InChI is InChI=1S/C15H12BrCl2NO2/c1-2-21-14-4-3-9(16)5-13(14)15(20)19-12-7-10(17)6-11(18)8-12/h3-8H,2H2,1H3,(H,19,20). The van der Waals surface area contributed by atoms with Crippen LogP contribution in [-0.4, -0.2) is 12.5 Å². The van der Waals surface area contributed by atoms with Crippen LogP contribution >= 0.6 is 39.1 Å². The van der Waals surface area contributed by atoms with Crippen LogP contribution in [0.4, 0.5) is 5.69 Å². The van der Waals surface area contributed by atoms with E-state index in [2.05, 4.69) is 21.2 Å². The van der Waals surface area contributed by atoms with E-state index in [1.807, 2.05) is 13.0 Å². The fraction of sp³-hybridized carbons (Fsp3) is 0.133. The van der Waals surface area contributed by atoms with Crippen molar-refractivity contribution >= 4 is 50.7 Å². The van der Waals surface area contributed by atoms with Crippen molar-refractivity contribution in [1.82, 2.24) is 0 Å². The molecule has 21 heavy (non-hydrogen) atoms. The van der Waals surface area contributed by atoms with Crippen molar-refractivity contribution in [3.63, 3.8) is 0 Å². The Balaban J connectivity index is 2.29. The molecule has 0 aliphatic heterocycles. The predicted octanol–water partition coefficient (Wildman–Crippen LogP) is 5.41. The first-order valence-electron chi connectivity index (χ1n) is 6.19. The Morgan fingerprint density at radius 2 is 1.86 bits per heavy atom. The lowest BCUT2D eigenvalue weighted by Crippen LogP contribution is -2.13. The second-order valence-corrected chi connectivity index (χ2v) is 5.97. The zero-order valence-corrected chi connectivity index (χ0v) is 14.2. The molecule has 0 bridgehead atoms. The monoisotopic (exact) mass is 387 g/mol. The third-order valence-corrected chi connectivity index (χ3v) is 3.54. The van der Waals surface area contributed by atoms with Crippen LogP contribution in [-0.2, 0) is 0 Å². The van der Waals surface area contributed by atoms with E-state index in [-0.39, 0.29) is 5.91 Å². The second-order valence-electron chi connectivity index (χ2n) is 4.19. The van der Waals surface area contributed by atoms with Crippen molar-refractivity contribution in [2.24, 2.45) is 0 Å². The Labute approximate surface area is 141 Å². The third-order valence-electron chi connectivity index (χ3n) is 2.61. The largest absolute Gasteiger partial charge is 0.493 e. The van der Waals surface area contributed by atoms with Gasteiger partial charge in [-0.3, -0.25) is 4.79 Å². The van der Waals surface area contributed by atoms with Crippen molar-refractivity contribution in [2.45, 2.75) is 6.92 Å². The number of ether oxygens (including phenoxy) is 1. The minimum atomic E-state index is -0.293. The zero-order valence-electron chi connectivity index (χ0n) is 11.1. The number of anilines is 1. The Bertz CT molecular complexity index is 656. The summed E-state index contributed by atoms with van der Waals surface area (Å²) in [4.78, 5) is 12.4. The van der Waals surface area contributed by atoms with Gasteiger partial charge in [-0.15, -0.1) is 0 Å². The smallest absolute Gasteiger partial charge is 0.259 e. The molecule has 0 fully saturated rings. The van der Waals surface area contributed by atoms with Crippen molar-refractivity contribution in [2.75, 3.05) is 11.9 Å². The van der Waals surface area contributed by atoms with Gasteiger partial charge in [-0.05, 0) is 43.3 Å². The summed E-state index contributed by atoms with van der Waals surface area (Å²) < 4.78 is 6.26. The number of nitrogens with one attached hydrogen (secondary N) is 1. The molecule has 6 heteroatoms. The van der Waals surface area contributed by atoms with Gasteiger partial charge in [-0.25, -0.2) is 0 Å². The molecule has 0 aromatic heterocycles. The summed E-state index contributed by atoms with van der Waals surface area (Å²) in [7, 11) is 0. The summed E-state index contributed by atoms with van der Waals surface area (Å²) in [5.74, 6) is 0.226. The Morgan fingerprint density at radius 3 is 2.48 bits per heavy atom.